The maximum atomic E-state index is 13.7. The van der Waals surface area contributed by atoms with Crippen LogP contribution in [0.4, 0.5) is 0 Å². The van der Waals surface area contributed by atoms with Gasteiger partial charge in [0.1, 0.15) is 5.82 Å². The average Bonchev–Trinajstić information content (AvgIpc) is 2.82. The number of nitrogens with zero attached hydrogens (tertiary/aromatic N) is 3. The summed E-state index contributed by atoms with van der Waals surface area (Å²) in [5, 5.41) is 0.888. The molecular formula is C25H24ClN3O3S. The van der Waals surface area contributed by atoms with Crippen molar-refractivity contribution in [1.29, 1.82) is 0 Å². The van der Waals surface area contributed by atoms with Gasteiger partial charge < -0.3 is 0 Å². The van der Waals surface area contributed by atoms with Gasteiger partial charge in [-0.25, -0.2) is 13.4 Å². The van der Waals surface area contributed by atoms with Crippen molar-refractivity contribution in [2.24, 2.45) is 7.05 Å². The molecule has 0 aliphatic rings. The molecule has 1 aromatic heterocycles. The van der Waals surface area contributed by atoms with Gasteiger partial charge in [-0.1, -0.05) is 60.1 Å². The molecule has 0 fully saturated rings. The molecule has 0 saturated heterocycles. The van der Waals surface area contributed by atoms with E-state index in [1.54, 1.807) is 62.5 Å². The Morgan fingerprint density at radius 1 is 1.00 bits per heavy atom. The molecule has 33 heavy (non-hydrogen) atoms. The van der Waals surface area contributed by atoms with E-state index in [-0.39, 0.29) is 17.0 Å². The number of aromatic nitrogens is 2. The summed E-state index contributed by atoms with van der Waals surface area (Å²) in [4.78, 5) is 17.8. The molecule has 1 atom stereocenters. The van der Waals surface area contributed by atoms with E-state index >= 15 is 0 Å². The van der Waals surface area contributed by atoms with Crippen LogP contribution in [-0.2, 0) is 23.5 Å². The Morgan fingerprint density at radius 3 is 2.30 bits per heavy atom. The van der Waals surface area contributed by atoms with E-state index in [9.17, 15) is 13.2 Å². The van der Waals surface area contributed by atoms with Crippen molar-refractivity contribution >= 4 is 32.5 Å². The molecule has 4 aromatic rings. The van der Waals surface area contributed by atoms with Gasteiger partial charge in [0.2, 0.25) is 10.0 Å². The van der Waals surface area contributed by atoms with Gasteiger partial charge in [-0.2, -0.15) is 4.31 Å². The minimum atomic E-state index is -3.86. The number of rotatable bonds is 7. The first-order valence-electron chi connectivity index (χ1n) is 10.6. The van der Waals surface area contributed by atoms with Crippen molar-refractivity contribution in [1.82, 2.24) is 13.9 Å². The number of halogens is 1. The number of fused-ring (bicyclic) bond motifs is 1. The van der Waals surface area contributed by atoms with Crippen LogP contribution in [0.1, 0.15) is 24.4 Å². The highest BCUT2D eigenvalue weighted by Gasteiger charge is 2.32. The molecule has 1 unspecified atom stereocenters. The zero-order valence-electron chi connectivity index (χ0n) is 18.3. The van der Waals surface area contributed by atoms with E-state index in [4.69, 9.17) is 11.6 Å². The molecule has 0 aliphatic carbocycles. The van der Waals surface area contributed by atoms with Gasteiger partial charge >= 0.3 is 0 Å². The minimum Gasteiger partial charge on any atom is -0.298 e. The van der Waals surface area contributed by atoms with Gasteiger partial charge in [-0.3, -0.25) is 9.36 Å². The monoisotopic (exact) mass is 481 g/mol. The molecule has 0 spiro atoms. The van der Waals surface area contributed by atoms with Crippen molar-refractivity contribution in [3.63, 3.8) is 0 Å². The lowest BCUT2D eigenvalue weighted by Crippen LogP contribution is -2.38. The highest BCUT2D eigenvalue weighted by Crippen LogP contribution is 2.27. The third-order valence-corrected chi connectivity index (χ3v) is 7.91. The van der Waals surface area contributed by atoms with Crippen molar-refractivity contribution in [3.8, 4) is 0 Å². The fraction of sp³-hybridized carbons (Fsp3) is 0.200. The Labute approximate surface area is 198 Å². The summed E-state index contributed by atoms with van der Waals surface area (Å²) >= 11 is 6.12. The Bertz CT molecular complexity index is 1440. The van der Waals surface area contributed by atoms with E-state index in [2.05, 4.69) is 4.98 Å². The van der Waals surface area contributed by atoms with E-state index < -0.39 is 16.1 Å². The van der Waals surface area contributed by atoms with Crippen molar-refractivity contribution in [3.05, 3.63) is 106 Å². The molecule has 0 bridgehead atoms. The molecule has 0 saturated carbocycles. The predicted molar refractivity (Wildman–Crippen MR) is 131 cm³/mol. The maximum absolute atomic E-state index is 13.7. The first-order chi connectivity index (χ1) is 15.8. The highest BCUT2D eigenvalue weighted by molar-refractivity contribution is 7.89. The quantitative estimate of drug-likeness (QED) is 0.387. The van der Waals surface area contributed by atoms with E-state index in [0.29, 0.717) is 28.2 Å². The molecule has 0 N–H and O–H groups in total. The standard InChI is InChI=1S/C25H24ClN3O3S/c1-18(24-27-23-17-20(26)13-14-22(23)25(30)28(24)2)29(16-15-19-9-5-3-6-10-19)33(31,32)21-11-7-4-8-12-21/h3-14,17-18H,15-16H2,1-2H3. The smallest absolute Gasteiger partial charge is 0.261 e. The van der Waals surface area contributed by atoms with Crippen LogP contribution in [0.25, 0.3) is 10.9 Å². The Balaban J connectivity index is 1.81. The maximum Gasteiger partial charge on any atom is 0.261 e. The third kappa shape index (κ3) is 4.71. The van der Waals surface area contributed by atoms with Gasteiger partial charge in [0.25, 0.3) is 5.56 Å². The summed E-state index contributed by atoms with van der Waals surface area (Å²) in [5.41, 5.74) is 1.20. The van der Waals surface area contributed by atoms with Crippen LogP contribution in [0.2, 0.25) is 5.02 Å². The second-order valence-electron chi connectivity index (χ2n) is 7.84. The molecule has 3 aromatic carbocycles. The number of hydrogen-bond donors (Lipinski definition) is 0. The van der Waals surface area contributed by atoms with Crippen LogP contribution in [0.5, 0.6) is 0 Å². The minimum absolute atomic E-state index is 0.193. The van der Waals surface area contributed by atoms with Crippen LogP contribution in [0.15, 0.2) is 88.6 Å². The van der Waals surface area contributed by atoms with Crippen molar-refractivity contribution in [2.75, 3.05) is 6.54 Å². The molecule has 1 heterocycles. The zero-order valence-corrected chi connectivity index (χ0v) is 19.9. The molecule has 0 aliphatic heterocycles. The second-order valence-corrected chi connectivity index (χ2v) is 10.2. The summed E-state index contributed by atoms with van der Waals surface area (Å²) in [6.45, 7) is 1.98. The van der Waals surface area contributed by atoms with Crippen LogP contribution < -0.4 is 5.56 Å². The average molecular weight is 482 g/mol. The molecule has 170 valence electrons. The van der Waals surface area contributed by atoms with E-state index in [1.807, 2.05) is 30.3 Å². The topological polar surface area (TPSA) is 72.3 Å². The van der Waals surface area contributed by atoms with Crippen molar-refractivity contribution < 1.29 is 8.42 Å². The Hall–Kier alpha value is -3.00. The fourth-order valence-corrected chi connectivity index (χ4v) is 5.68. The van der Waals surface area contributed by atoms with Crippen LogP contribution in [0.3, 0.4) is 0 Å². The largest absolute Gasteiger partial charge is 0.298 e. The second kappa shape index (κ2) is 9.47. The summed E-state index contributed by atoms with van der Waals surface area (Å²) in [5.74, 6) is 0.349. The summed E-state index contributed by atoms with van der Waals surface area (Å²) in [6.07, 6.45) is 0.518. The normalized spacial score (nSPS) is 12.8. The number of hydrogen-bond acceptors (Lipinski definition) is 4. The van der Waals surface area contributed by atoms with Gasteiger partial charge in [-0.15, -0.1) is 0 Å². The van der Waals surface area contributed by atoms with E-state index in [0.717, 1.165) is 5.56 Å². The first-order valence-corrected chi connectivity index (χ1v) is 12.4. The summed E-state index contributed by atoms with van der Waals surface area (Å²) < 4.78 is 30.2. The predicted octanol–water partition coefficient (Wildman–Crippen LogP) is 4.58. The lowest BCUT2D eigenvalue weighted by molar-refractivity contribution is 0.327. The molecule has 0 radical (unpaired) electrons. The Kier molecular flexibility index (Phi) is 6.65. The zero-order chi connectivity index (χ0) is 23.6. The summed E-state index contributed by atoms with van der Waals surface area (Å²) in [7, 11) is -2.25. The van der Waals surface area contributed by atoms with E-state index in [1.165, 1.54) is 8.87 Å². The van der Waals surface area contributed by atoms with Crippen LogP contribution in [0, 0.1) is 0 Å². The lowest BCUT2D eigenvalue weighted by Gasteiger charge is -2.29. The highest BCUT2D eigenvalue weighted by atomic mass is 35.5. The summed E-state index contributed by atoms with van der Waals surface area (Å²) in [6, 6.07) is 22.2. The van der Waals surface area contributed by atoms with Gasteiger partial charge in [0, 0.05) is 18.6 Å². The Morgan fingerprint density at radius 2 is 1.64 bits per heavy atom. The number of benzene rings is 3. The first kappa shape index (κ1) is 23.2. The molecule has 8 heteroatoms. The van der Waals surface area contributed by atoms with Crippen LogP contribution >= 0.6 is 11.6 Å². The fourth-order valence-electron chi connectivity index (χ4n) is 3.90. The SMILES string of the molecule is CC(c1nc2cc(Cl)ccc2c(=O)n1C)N(CCc1ccccc1)S(=O)(=O)c1ccccc1. The molecule has 0 amide bonds. The van der Waals surface area contributed by atoms with Crippen molar-refractivity contribution in [2.45, 2.75) is 24.3 Å². The van der Waals surface area contributed by atoms with Gasteiger partial charge in [0.05, 0.1) is 21.8 Å². The van der Waals surface area contributed by atoms with Gasteiger partial charge in [-0.05, 0) is 49.2 Å². The molecule has 6 nitrogen and oxygen atoms in total. The van der Waals surface area contributed by atoms with Crippen LogP contribution in [-0.4, -0.2) is 28.8 Å². The van der Waals surface area contributed by atoms with Gasteiger partial charge in [0.15, 0.2) is 0 Å². The molecule has 4 rings (SSSR count). The third-order valence-electron chi connectivity index (χ3n) is 5.69. The molecular weight excluding hydrogens is 458 g/mol. The lowest BCUT2D eigenvalue weighted by atomic mass is 10.1. The number of sulfonamides is 1.